The van der Waals surface area contributed by atoms with Gasteiger partial charge in [-0.1, -0.05) is 6.92 Å². The fraction of sp³-hybridized carbons (Fsp3) is 0.929. The topological polar surface area (TPSA) is 50.5 Å². The Kier molecular flexibility index (Phi) is 9.50. The molecule has 0 aliphatic carbocycles. The van der Waals surface area contributed by atoms with Crippen molar-refractivity contribution in [3.05, 3.63) is 11.4 Å². The van der Waals surface area contributed by atoms with Gasteiger partial charge in [-0.3, -0.25) is 0 Å². The van der Waals surface area contributed by atoms with Gasteiger partial charge in [0.15, 0.2) is 8.38 Å². The molecule has 3 unspecified atom stereocenters. The number of ether oxygens (including phenoxy) is 3. The van der Waals surface area contributed by atoms with E-state index < -0.39 is 8.38 Å². The first-order valence-electron chi connectivity index (χ1n) is 7.69. The number of rotatable bonds is 10. The van der Waals surface area contributed by atoms with E-state index in [9.17, 15) is 0 Å². The Bertz CT molecular complexity index is 357. The zero-order valence-corrected chi connectivity index (χ0v) is 15.0. The highest BCUT2D eigenvalue weighted by atomic mass is 31.2. The van der Waals surface area contributed by atoms with Crippen molar-refractivity contribution in [1.29, 1.82) is 0 Å². The molecule has 8 heteroatoms. The largest absolute Gasteiger partial charge is 0.379 e. The molecule has 1 aliphatic heterocycles. The summed E-state index contributed by atoms with van der Waals surface area (Å²) in [6.45, 7) is 14.0. The molecule has 6 nitrogen and oxygen atoms in total. The molecule has 0 aromatic rings. The zero-order valence-electron chi connectivity index (χ0n) is 14.2. The van der Waals surface area contributed by atoms with Gasteiger partial charge in [-0.05, 0) is 13.3 Å². The number of hydrogen-bond acceptors (Lipinski definition) is 5. The smallest absolute Gasteiger partial charge is 0.238 e. The second-order valence-corrected chi connectivity index (χ2v) is 6.71. The Morgan fingerprint density at radius 1 is 1.41 bits per heavy atom. The molecule has 0 N–H and O–H groups in total. The first-order valence-corrected chi connectivity index (χ1v) is 9.32. The first kappa shape index (κ1) is 19.8. The summed E-state index contributed by atoms with van der Waals surface area (Å²) in [5, 5.41) is 0. The summed E-state index contributed by atoms with van der Waals surface area (Å²) >= 11 is 0. The van der Waals surface area contributed by atoms with Crippen molar-refractivity contribution in [2.45, 2.75) is 50.7 Å². The first-order chi connectivity index (χ1) is 10.5. The van der Waals surface area contributed by atoms with E-state index >= 15 is 0 Å². The fourth-order valence-electron chi connectivity index (χ4n) is 2.33. The third-order valence-corrected chi connectivity index (χ3v) is 4.70. The summed E-state index contributed by atoms with van der Waals surface area (Å²) in [5.74, 6) is 0. The summed E-state index contributed by atoms with van der Waals surface area (Å²) < 4.78 is 28.8. The van der Waals surface area contributed by atoms with Gasteiger partial charge in [0, 0.05) is 13.8 Å². The van der Waals surface area contributed by atoms with Crippen LogP contribution in [0.15, 0.2) is 0 Å². The molecule has 6 atom stereocenters. The summed E-state index contributed by atoms with van der Waals surface area (Å²) in [7, 11) is 2.63. The molecule has 1 rings (SSSR count). The molecule has 0 aromatic carbocycles. The quantitative estimate of drug-likeness (QED) is 0.262. The van der Waals surface area contributed by atoms with Gasteiger partial charge in [0.05, 0.1) is 24.8 Å². The molecule has 1 saturated heterocycles. The Morgan fingerprint density at radius 2 is 2.14 bits per heavy atom. The molecule has 0 bridgehead atoms. The molecule has 0 aromatic heterocycles. The maximum absolute atomic E-state index is 6.76. The summed E-state index contributed by atoms with van der Waals surface area (Å²) in [5.41, 5.74) is 0. The van der Waals surface area contributed by atoms with Crippen molar-refractivity contribution in [2.24, 2.45) is 0 Å². The van der Waals surface area contributed by atoms with E-state index in [0.29, 0.717) is 19.8 Å². The van der Waals surface area contributed by atoms with Crippen LogP contribution in [0.5, 0.6) is 0 Å². The van der Waals surface area contributed by atoms with Gasteiger partial charge in [0.2, 0.25) is 6.54 Å². The van der Waals surface area contributed by atoms with Crippen molar-refractivity contribution in [1.82, 2.24) is 0 Å². The Morgan fingerprint density at radius 3 is 2.73 bits per heavy atom. The Labute approximate surface area is 135 Å². The van der Waals surface area contributed by atoms with E-state index in [1.165, 1.54) is 0 Å². The highest BCUT2D eigenvalue weighted by molar-refractivity contribution is 7.46. The van der Waals surface area contributed by atoms with Gasteiger partial charge in [-0.2, -0.15) is 0 Å². The van der Waals surface area contributed by atoms with Crippen LogP contribution < -0.4 is 0 Å². The molecule has 126 valence electrons. The standard InChI is InChI=1S/C14H27BNO5P/c1-6-11-12(21-22(5)19-8-7-16-3)13(14(15)20-11)18-9-10(2)17-4/h10-14H,6-9,15H2,1-2,4-5H3/t10?,11-,12?,13+,14-,22?/m1/s1. The maximum Gasteiger partial charge on any atom is 0.238 e. The highest BCUT2D eigenvalue weighted by Crippen LogP contribution is 2.40. The van der Waals surface area contributed by atoms with Crippen LogP contribution in [0.1, 0.15) is 20.3 Å². The van der Waals surface area contributed by atoms with Crippen LogP contribution in [-0.2, 0) is 23.3 Å². The third kappa shape index (κ3) is 6.12. The molecule has 22 heavy (non-hydrogen) atoms. The lowest BCUT2D eigenvalue weighted by Gasteiger charge is -2.27. The van der Waals surface area contributed by atoms with Crippen LogP contribution >= 0.6 is 8.38 Å². The maximum atomic E-state index is 6.76. The van der Waals surface area contributed by atoms with Gasteiger partial charge in [0.1, 0.15) is 26.7 Å². The lowest BCUT2D eigenvalue weighted by Crippen LogP contribution is -2.38. The average Bonchev–Trinajstić information content (AvgIpc) is 2.80. The van der Waals surface area contributed by atoms with Crippen molar-refractivity contribution < 1.29 is 23.3 Å². The monoisotopic (exact) mass is 331 g/mol. The summed E-state index contributed by atoms with van der Waals surface area (Å²) in [6.07, 6.45) is 0.629. The van der Waals surface area contributed by atoms with Crippen LogP contribution in [0.3, 0.4) is 0 Å². The van der Waals surface area contributed by atoms with E-state index in [2.05, 4.69) is 11.8 Å². The Balaban J connectivity index is 2.57. The van der Waals surface area contributed by atoms with Crippen molar-refractivity contribution >= 4 is 16.2 Å². The van der Waals surface area contributed by atoms with Gasteiger partial charge in [0.25, 0.3) is 0 Å². The van der Waals surface area contributed by atoms with Crippen molar-refractivity contribution in [2.75, 3.05) is 33.5 Å². The van der Waals surface area contributed by atoms with E-state index in [0.717, 1.165) is 6.42 Å². The molecule has 1 aliphatic rings. The number of hydrogen-bond donors (Lipinski definition) is 0. The van der Waals surface area contributed by atoms with Gasteiger partial charge in [-0.15, -0.1) is 0 Å². The summed E-state index contributed by atoms with van der Waals surface area (Å²) in [4.78, 5) is 3.27. The van der Waals surface area contributed by atoms with E-state index in [1.54, 1.807) is 7.11 Å². The van der Waals surface area contributed by atoms with Gasteiger partial charge in [-0.25, -0.2) is 6.57 Å². The van der Waals surface area contributed by atoms with Crippen LogP contribution in [0.2, 0.25) is 0 Å². The average molecular weight is 331 g/mol. The second-order valence-electron chi connectivity index (χ2n) is 5.36. The predicted molar refractivity (Wildman–Crippen MR) is 88.8 cm³/mol. The fourth-order valence-corrected chi connectivity index (χ4v) is 3.33. The van der Waals surface area contributed by atoms with E-state index in [-0.39, 0.29) is 30.4 Å². The van der Waals surface area contributed by atoms with Crippen LogP contribution in [0.4, 0.5) is 0 Å². The van der Waals surface area contributed by atoms with Crippen LogP contribution in [0.25, 0.3) is 4.85 Å². The lowest BCUT2D eigenvalue weighted by atomic mass is 9.92. The molecule has 0 saturated carbocycles. The van der Waals surface area contributed by atoms with Gasteiger partial charge >= 0.3 is 0 Å². The lowest BCUT2D eigenvalue weighted by molar-refractivity contribution is -0.0538. The molecule has 0 spiro atoms. The highest BCUT2D eigenvalue weighted by Gasteiger charge is 2.44. The molecular weight excluding hydrogens is 304 g/mol. The van der Waals surface area contributed by atoms with Gasteiger partial charge < -0.3 is 28.1 Å². The normalized spacial score (nSPS) is 30.9. The van der Waals surface area contributed by atoms with Crippen LogP contribution in [-0.4, -0.2) is 71.8 Å². The SMILES string of the molecule is B[C@@H]1O[C@H](CC)C(OP(C)OCC[N+]#[C-])[C@@H]1OCC(C)OC. The van der Waals surface area contributed by atoms with Crippen molar-refractivity contribution in [3.63, 3.8) is 0 Å². The number of methoxy groups -OCH3 is 1. The minimum absolute atomic E-state index is 0.00673. The second kappa shape index (κ2) is 10.5. The molecule has 0 radical (unpaired) electrons. The minimum atomic E-state index is -1.05. The predicted octanol–water partition coefficient (Wildman–Crippen LogP) is 1.44. The molecule has 1 heterocycles. The molecule has 1 fully saturated rings. The molecule has 0 amide bonds. The minimum Gasteiger partial charge on any atom is -0.379 e. The molecular formula is C14H27BNO5P. The zero-order chi connectivity index (χ0) is 16.5. The van der Waals surface area contributed by atoms with E-state index in [4.69, 9.17) is 29.8 Å². The Hall–Kier alpha value is -0.215. The number of nitrogens with zero attached hydrogens (tertiary/aromatic N) is 1. The third-order valence-electron chi connectivity index (χ3n) is 3.62. The van der Waals surface area contributed by atoms with Crippen LogP contribution in [0, 0.1) is 6.57 Å². The van der Waals surface area contributed by atoms with E-state index in [1.807, 2.05) is 21.4 Å². The van der Waals surface area contributed by atoms with Crippen molar-refractivity contribution in [3.8, 4) is 0 Å². The summed E-state index contributed by atoms with van der Waals surface area (Å²) in [6, 6.07) is -0.0225.